The van der Waals surface area contributed by atoms with Crippen molar-refractivity contribution in [2.45, 2.75) is 6.61 Å². The van der Waals surface area contributed by atoms with Crippen LogP contribution < -0.4 is 4.74 Å². The van der Waals surface area contributed by atoms with Gasteiger partial charge in [-0.2, -0.15) is 0 Å². The van der Waals surface area contributed by atoms with Crippen molar-refractivity contribution < 1.29 is 19.4 Å². The summed E-state index contributed by atoms with van der Waals surface area (Å²) in [6, 6.07) is 14.5. The second-order valence-corrected chi connectivity index (χ2v) is 5.92. The van der Waals surface area contributed by atoms with Crippen LogP contribution in [-0.4, -0.2) is 23.2 Å². The normalized spacial score (nSPS) is 10.6. The molecule has 5 nitrogen and oxygen atoms in total. The van der Waals surface area contributed by atoms with E-state index in [-0.39, 0.29) is 11.4 Å². The molecule has 6 heteroatoms. The molecule has 3 rings (SSSR count). The minimum atomic E-state index is -0.624. The third kappa shape index (κ3) is 3.19. The number of carbonyl (C=O) groups is 1. The summed E-state index contributed by atoms with van der Waals surface area (Å²) < 4.78 is 11.2. The van der Waals surface area contributed by atoms with Crippen LogP contribution in [0.15, 0.2) is 53.0 Å². The fourth-order valence-corrected chi connectivity index (χ4v) is 2.84. The van der Waals surface area contributed by atoms with Crippen molar-refractivity contribution in [1.29, 1.82) is 0 Å². The predicted octanol–water partition coefficient (Wildman–Crippen LogP) is 4.07. The van der Waals surface area contributed by atoms with Gasteiger partial charge in [0.15, 0.2) is 5.69 Å². The first-order valence-corrected chi connectivity index (χ1v) is 7.96. The zero-order chi connectivity index (χ0) is 17.1. The molecule has 0 bridgehead atoms. The molecule has 3 aromatic rings. The van der Waals surface area contributed by atoms with Gasteiger partial charge in [-0.25, -0.2) is 9.78 Å². The van der Waals surface area contributed by atoms with Gasteiger partial charge in [0.25, 0.3) is 0 Å². The van der Waals surface area contributed by atoms with Gasteiger partial charge in [0.1, 0.15) is 23.6 Å². The van der Waals surface area contributed by atoms with Crippen LogP contribution in [0, 0.1) is 0 Å². The SMILES string of the molecule is COC(=O)c1cc(O)c2c(Br)ccc(OCc3ccccc3)c2n1. The number of carbonyl (C=O) groups excluding carboxylic acids is 1. The monoisotopic (exact) mass is 387 g/mol. The van der Waals surface area contributed by atoms with Gasteiger partial charge >= 0.3 is 5.97 Å². The molecule has 2 aromatic carbocycles. The number of aromatic nitrogens is 1. The Bertz CT molecular complexity index is 896. The molecular formula is C18H14BrNO4. The van der Waals surface area contributed by atoms with Gasteiger partial charge in [0, 0.05) is 10.5 Å². The first-order chi connectivity index (χ1) is 11.6. The lowest BCUT2D eigenvalue weighted by Crippen LogP contribution is -2.05. The molecule has 0 spiro atoms. The Labute approximate surface area is 147 Å². The molecule has 0 saturated heterocycles. The molecule has 0 saturated carbocycles. The average Bonchev–Trinajstić information content (AvgIpc) is 2.61. The van der Waals surface area contributed by atoms with E-state index in [1.165, 1.54) is 13.2 Å². The number of esters is 1. The summed E-state index contributed by atoms with van der Waals surface area (Å²) >= 11 is 3.38. The zero-order valence-electron chi connectivity index (χ0n) is 12.8. The van der Waals surface area contributed by atoms with Crippen molar-refractivity contribution in [2.24, 2.45) is 0 Å². The second-order valence-electron chi connectivity index (χ2n) is 5.06. The maximum atomic E-state index is 11.7. The van der Waals surface area contributed by atoms with E-state index in [4.69, 9.17) is 4.74 Å². The Morgan fingerprint density at radius 1 is 1.21 bits per heavy atom. The highest BCUT2D eigenvalue weighted by Gasteiger charge is 2.17. The summed E-state index contributed by atoms with van der Waals surface area (Å²) in [4.78, 5) is 16.0. The quantitative estimate of drug-likeness (QED) is 0.683. The maximum Gasteiger partial charge on any atom is 0.356 e. The Morgan fingerprint density at radius 2 is 1.96 bits per heavy atom. The molecule has 24 heavy (non-hydrogen) atoms. The van der Waals surface area contributed by atoms with Crippen LogP contribution in [0.3, 0.4) is 0 Å². The molecule has 0 radical (unpaired) electrons. The number of ether oxygens (including phenoxy) is 2. The maximum absolute atomic E-state index is 11.7. The molecule has 1 aromatic heterocycles. The zero-order valence-corrected chi connectivity index (χ0v) is 14.4. The number of fused-ring (bicyclic) bond motifs is 1. The van der Waals surface area contributed by atoms with Crippen molar-refractivity contribution >= 4 is 32.8 Å². The van der Waals surface area contributed by atoms with Gasteiger partial charge in [-0.15, -0.1) is 0 Å². The Balaban J connectivity index is 2.05. The van der Waals surface area contributed by atoms with Crippen LogP contribution in [-0.2, 0) is 11.3 Å². The minimum Gasteiger partial charge on any atom is -0.507 e. The number of hydrogen-bond acceptors (Lipinski definition) is 5. The van der Waals surface area contributed by atoms with Gasteiger partial charge in [-0.05, 0) is 33.6 Å². The van der Waals surface area contributed by atoms with E-state index in [9.17, 15) is 9.90 Å². The molecule has 0 aliphatic heterocycles. The summed E-state index contributed by atoms with van der Waals surface area (Å²) in [5.41, 5.74) is 1.41. The topological polar surface area (TPSA) is 68.7 Å². The van der Waals surface area contributed by atoms with E-state index in [2.05, 4.69) is 25.7 Å². The fraction of sp³-hybridized carbons (Fsp3) is 0.111. The Morgan fingerprint density at radius 3 is 2.67 bits per heavy atom. The van der Waals surface area contributed by atoms with E-state index in [1.807, 2.05) is 30.3 Å². The van der Waals surface area contributed by atoms with Crippen molar-refractivity contribution in [1.82, 2.24) is 4.98 Å². The molecular weight excluding hydrogens is 374 g/mol. The van der Waals surface area contributed by atoms with Crippen LogP contribution in [0.1, 0.15) is 16.1 Å². The molecule has 122 valence electrons. The third-order valence-corrected chi connectivity index (χ3v) is 4.14. The Hall–Kier alpha value is -2.60. The molecule has 0 unspecified atom stereocenters. The van der Waals surface area contributed by atoms with E-state index >= 15 is 0 Å². The highest BCUT2D eigenvalue weighted by Crippen LogP contribution is 2.37. The van der Waals surface area contributed by atoms with E-state index in [0.29, 0.717) is 27.7 Å². The first-order valence-electron chi connectivity index (χ1n) is 7.17. The highest BCUT2D eigenvalue weighted by atomic mass is 79.9. The van der Waals surface area contributed by atoms with Gasteiger partial charge in [0.2, 0.25) is 0 Å². The van der Waals surface area contributed by atoms with Crippen LogP contribution in [0.5, 0.6) is 11.5 Å². The van der Waals surface area contributed by atoms with Crippen molar-refractivity contribution in [3.8, 4) is 11.5 Å². The van der Waals surface area contributed by atoms with Gasteiger partial charge in [-0.1, -0.05) is 30.3 Å². The second kappa shape index (κ2) is 6.88. The molecule has 0 atom stereocenters. The molecule has 0 aliphatic rings. The van der Waals surface area contributed by atoms with Crippen LogP contribution in [0.2, 0.25) is 0 Å². The third-order valence-electron chi connectivity index (χ3n) is 3.48. The summed E-state index contributed by atoms with van der Waals surface area (Å²) in [6.45, 7) is 0.350. The van der Waals surface area contributed by atoms with E-state index < -0.39 is 5.97 Å². The molecule has 0 fully saturated rings. The number of halogens is 1. The van der Waals surface area contributed by atoms with Crippen molar-refractivity contribution in [2.75, 3.05) is 7.11 Å². The lowest BCUT2D eigenvalue weighted by molar-refractivity contribution is 0.0594. The van der Waals surface area contributed by atoms with E-state index in [1.54, 1.807) is 12.1 Å². The Kier molecular flexibility index (Phi) is 4.66. The van der Waals surface area contributed by atoms with Gasteiger partial charge in [0.05, 0.1) is 12.5 Å². The average molecular weight is 388 g/mol. The number of aromatic hydroxyl groups is 1. The summed E-state index contributed by atoms with van der Waals surface area (Å²) in [5, 5.41) is 10.7. The predicted molar refractivity (Wildman–Crippen MR) is 93.2 cm³/mol. The number of benzene rings is 2. The van der Waals surface area contributed by atoms with E-state index in [0.717, 1.165) is 5.56 Å². The minimum absolute atomic E-state index is 0.0187. The lowest BCUT2D eigenvalue weighted by atomic mass is 10.1. The molecule has 1 heterocycles. The molecule has 1 N–H and O–H groups in total. The summed E-state index contributed by atoms with van der Waals surface area (Å²) in [6.07, 6.45) is 0. The number of pyridine rings is 1. The number of hydrogen-bond donors (Lipinski definition) is 1. The summed E-state index contributed by atoms with van der Waals surface area (Å²) in [7, 11) is 1.26. The van der Waals surface area contributed by atoms with Crippen LogP contribution >= 0.6 is 15.9 Å². The summed E-state index contributed by atoms with van der Waals surface area (Å²) in [5.74, 6) is -0.225. The van der Waals surface area contributed by atoms with Crippen molar-refractivity contribution in [3.05, 3.63) is 64.3 Å². The fourth-order valence-electron chi connectivity index (χ4n) is 2.32. The molecule has 0 aliphatic carbocycles. The van der Waals surface area contributed by atoms with Gasteiger partial charge in [-0.3, -0.25) is 0 Å². The first kappa shape index (κ1) is 16.3. The number of nitrogens with zero attached hydrogens (tertiary/aromatic N) is 1. The van der Waals surface area contributed by atoms with Crippen LogP contribution in [0.25, 0.3) is 10.9 Å². The van der Waals surface area contributed by atoms with Gasteiger partial charge < -0.3 is 14.6 Å². The smallest absolute Gasteiger partial charge is 0.356 e. The standard InChI is InChI=1S/C18H14BrNO4/c1-23-18(22)13-9-14(21)16-12(19)7-8-15(17(16)20-13)24-10-11-5-3-2-4-6-11/h2-9H,10H2,1H3,(H,20,21). The van der Waals surface area contributed by atoms with Crippen LogP contribution in [0.4, 0.5) is 0 Å². The number of rotatable bonds is 4. The highest BCUT2D eigenvalue weighted by molar-refractivity contribution is 9.10. The molecule has 0 amide bonds. The largest absolute Gasteiger partial charge is 0.507 e. The lowest BCUT2D eigenvalue weighted by Gasteiger charge is -2.12. The number of methoxy groups -OCH3 is 1. The van der Waals surface area contributed by atoms with Crippen molar-refractivity contribution in [3.63, 3.8) is 0 Å².